The Hall–Kier alpha value is -2.68. The number of benzene rings is 1. The van der Waals surface area contributed by atoms with Crippen LogP contribution in [0.2, 0.25) is 5.02 Å². The normalized spacial score (nSPS) is 20.3. The molecule has 0 unspecified atom stereocenters. The second-order valence-corrected chi connectivity index (χ2v) is 9.83. The van der Waals surface area contributed by atoms with Gasteiger partial charge in [-0.05, 0) is 61.2 Å². The van der Waals surface area contributed by atoms with Crippen molar-refractivity contribution in [3.8, 4) is 5.75 Å². The summed E-state index contributed by atoms with van der Waals surface area (Å²) in [7, 11) is 0. The molecule has 2 fully saturated rings. The lowest BCUT2D eigenvalue weighted by Crippen LogP contribution is -2.58. The van der Waals surface area contributed by atoms with Crippen molar-refractivity contribution in [3.63, 3.8) is 0 Å². The van der Waals surface area contributed by atoms with Crippen LogP contribution in [-0.4, -0.2) is 84.8 Å². The second kappa shape index (κ2) is 12.5. The van der Waals surface area contributed by atoms with Crippen molar-refractivity contribution in [2.75, 3.05) is 52.6 Å². The van der Waals surface area contributed by atoms with Crippen LogP contribution in [0.15, 0.2) is 42.7 Å². The van der Waals surface area contributed by atoms with Crippen LogP contribution < -0.4 is 4.74 Å². The van der Waals surface area contributed by atoms with E-state index in [1.807, 2.05) is 30.0 Å². The van der Waals surface area contributed by atoms with Crippen molar-refractivity contribution in [2.24, 2.45) is 0 Å². The first-order valence-corrected chi connectivity index (χ1v) is 12.9. The summed E-state index contributed by atoms with van der Waals surface area (Å²) in [5.41, 5.74) is 1.14. The quantitative estimate of drug-likeness (QED) is 0.510. The molecular weight excluding hydrogens is 482 g/mol. The zero-order chi connectivity index (χ0) is 25.4. The van der Waals surface area contributed by atoms with Crippen LogP contribution in [0.25, 0.3) is 0 Å². The van der Waals surface area contributed by atoms with Crippen LogP contribution in [0.5, 0.6) is 5.75 Å². The van der Waals surface area contributed by atoms with Gasteiger partial charge in [0.05, 0.1) is 32.8 Å². The van der Waals surface area contributed by atoms with Gasteiger partial charge in [-0.25, -0.2) is 0 Å². The highest BCUT2D eigenvalue weighted by molar-refractivity contribution is 6.31. The van der Waals surface area contributed by atoms with Gasteiger partial charge in [0.1, 0.15) is 18.0 Å². The van der Waals surface area contributed by atoms with Crippen LogP contribution in [0.1, 0.15) is 30.4 Å². The lowest BCUT2D eigenvalue weighted by Gasteiger charge is -2.43. The molecule has 1 atom stereocenters. The van der Waals surface area contributed by atoms with Gasteiger partial charge in [0.15, 0.2) is 0 Å². The summed E-state index contributed by atoms with van der Waals surface area (Å²) in [5.74, 6) is 0.707. The number of rotatable bonds is 9. The number of amides is 2. The molecule has 2 aliphatic heterocycles. The van der Waals surface area contributed by atoms with Gasteiger partial charge in [0.25, 0.3) is 0 Å². The van der Waals surface area contributed by atoms with E-state index in [4.69, 9.17) is 25.8 Å². The molecule has 2 amide bonds. The molecule has 1 aromatic carbocycles. The number of halogens is 1. The Kier molecular flexibility index (Phi) is 9.18. The molecule has 0 bridgehead atoms. The molecule has 36 heavy (non-hydrogen) atoms. The third kappa shape index (κ3) is 7.18. The number of ether oxygens (including phenoxy) is 3. The molecule has 0 aliphatic carbocycles. The van der Waals surface area contributed by atoms with Crippen LogP contribution in [-0.2, 0) is 25.5 Å². The van der Waals surface area contributed by atoms with Crippen LogP contribution in [0, 0.1) is 6.92 Å². The molecule has 3 heterocycles. The number of aromatic nitrogens is 1. The Morgan fingerprint density at radius 2 is 1.81 bits per heavy atom. The van der Waals surface area contributed by atoms with E-state index in [1.165, 1.54) is 0 Å². The van der Waals surface area contributed by atoms with Crippen molar-refractivity contribution >= 4 is 23.4 Å². The highest BCUT2D eigenvalue weighted by Crippen LogP contribution is 2.28. The van der Waals surface area contributed by atoms with E-state index in [-0.39, 0.29) is 24.8 Å². The molecule has 4 rings (SSSR count). The van der Waals surface area contributed by atoms with E-state index in [1.54, 1.807) is 29.4 Å². The summed E-state index contributed by atoms with van der Waals surface area (Å²) in [6.07, 6.45) is 5.68. The highest BCUT2D eigenvalue weighted by atomic mass is 35.5. The molecule has 2 aromatic rings. The average Bonchev–Trinajstić information content (AvgIpc) is 2.90. The van der Waals surface area contributed by atoms with E-state index in [0.29, 0.717) is 63.2 Å². The predicted molar refractivity (Wildman–Crippen MR) is 136 cm³/mol. The summed E-state index contributed by atoms with van der Waals surface area (Å²) in [6.45, 7) is 5.42. The smallest absolute Gasteiger partial charge is 0.225 e. The standard InChI is InChI=1S/C27H34ClN3O5/c1-21-17-23(5-6-24(21)28)35-20-27(18-26(33)30-11-14-34-15-12-30)19-31(13-16-36-27)25(32)4-2-3-22-7-9-29-10-8-22/h5-10,17H,2-4,11-16,18-20H2,1H3/t27-/m0/s1. The van der Waals surface area contributed by atoms with Gasteiger partial charge >= 0.3 is 0 Å². The SMILES string of the molecule is Cc1cc(OC[C@]2(CC(=O)N3CCOCC3)CN(C(=O)CCCc3ccncc3)CCO2)ccc1Cl. The first kappa shape index (κ1) is 26.4. The third-order valence-electron chi connectivity index (χ3n) is 6.68. The Morgan fingerprint density at radius 1 is 1.06 bits per heavy atom. The maximum atomic E-state index is 13.2. The fourth-order valence-corrected chi connectivity index (χ4v) is 4.69. The van der Waals surface area contributed by atoms with Gasteiger partial charge in [0.2, 0.25) is 11.8 Å². The molecule has 2 aliphatic rings. The minimum absolute atomic E-state index is 0.0128. The first-order chi connectivity index (χ1) is 17.4. The van der Waals surface area contributed by atoms with Gasteiger partial charge in [-0.15, -0.1) is 0 Å². The number of pyridine rings is 1. The molecule has 9 heteroatoms. The first-order valence-electron chi connectivity index (χ1n) is 12.5. The van der Waals surface area contributed by atoms with E-state index >= 15 is 0 Å². The zero-order valence-electron chi connectivity index (χ0n) is 20.8. The summed E-state index contributed by atoms with van der Waals surface area (Å²) in [4.78, 5) is 34.0. The van der Waals surface area contributed by atoms with Gasteiger partial charge < -0.3 is 24.0 Å². The van der Waals surface area contributed by atoms with Crippen LogP contribution >= 0.6 is 11.6 Å². The number of carbonyl (C=O) groups excluding carboxylic acids is 2. The molecule has 194 valence electrons. The number of aryl methyl sites for hydroxylation is 2. The van der Waals surface area contributed by atoms with Crippen LogP contribution in [0.3, 0.4) is 0 Å². The minimum atomic E-state index is -0.929. The monoisotopic (exact) mass is 515 g/mol. The van der Waals surface area contributed by atoms with Gasteiger partial charge in [-0.1, -0.05) is 11.6 Å². The summed E-state index contributed by atoms with van der Waals surface area (Å²) in [6, 6.07) is 9.40. The topological polar surface area (TPSA) is 81.2 Å². The maximum Gasteiger partial charge on any atom is 0.225 e. The van der Waals surface area contributed by atoms with Crippen molar-refractivity contribution in [1.29, 1.82) is 0 Å². The number of morpholine rings is 2. The molecule has 0 saturated carbocycles. The Bertz CT molecular complexity index is 1030. The van der Waals surface area contributed by atoms with Crippen molar-refractivity contribution < 1.29 is 23.8 Å². The Balaban J connectivity index is 1.42. The molecule has 1 aromatic heterocycles. The Morgan fingerprint density at radius 3 is 2.56 bits per heavy atom. The lowest BCUT2D eigenvalue weighted by atomic mass is 9.96. The third-order valence-corrected chi connectivity index (χ3v) is 7.10. The molecular formula is C27H34ClN3O5. The van der Waals surface area contributed by atoms with Gasteiger partial charge in [-0.2, -0.15) is 0 Å². The van der Waals surface area contributed by atoms with Gasteiger partial charge in [-0.3, -0.25) is 14.6 Å². The second-order valence-electron chi connectivity index (χ2n) is 9.43. The molecule has 0 radical (unpaired) electrons. The molecule has 0 N–H and O–H groups in total. The fourth-order valence-electron chi connectivity index (χ4n) is 4.58. The highest BCUT2D eigenvalue weighted by Gasteiger charge is 2.42. The molecule has 8 nitrogen and oxygen atoms in total. The number of nitrogens with zero attached hydrogens (tertiary/aromatic N) is 3. The van der Waals surface area contributed by atoms with Crippen molar-refractivity contribution in [2.45, 2.75) is 38.2 Å². The van der Waals surface area contributed by atoms with Crippen LogP contribution in [0.4, 0.5) is 0 Å². The Labute approximate surface area is 217 Å². The molecule has 0 spiro atoms. The van der Waals surface area contributed by atoms with E-state index in [9.17, 15) is 9.59 Å². The number of hydrogen-bond acceptors (Lipinski definition) is 6. The molecule has 2 saturated heterocycles. The zero-order valence-corrected chi connectivity index (χ0v) is 21.5. The largest absolute Gasteiger partial charge is 0.490 e. The number of carbonyl (C=O) groups is 2. The van der Waals surface area contributed by atoms with E-state index < -0.39 is 5.60 Å². The minimum Gasteiger partial charge on any atom is -0.490 e. The van der Waals surface area contributed by atoms with Crippen molar-refractivity contribution in [1.82, 2.24) is 14.8 Å². The lowest BCUT2D eigenvalue weighted by molar-refractivity contribution is -0.167. The summed E-state index contributed by atoms with van der Waals surface area (Å²) >= 11 is 6.16. The number of hydrogen-bond donors (Lipinski definition) is 0. The maximum absolute atomic E-state index is 13.2. The average molecular weight is 516 g/mol. The fraction of sp³-hybridized carbons (Fsp3) is 0.519. The van der Waals surface area contributed by atoms with E-state index in [0.717, 1.165) is 24.0 Å². The van der Waals surface area contributed by atoms with E-state index in [2.05, 4.69) is 4.98 Å². The predicted octanol–water partition coefficient (Wildman–Crippen LogP) is 3.29. The van der Waals surface area contributed by atoms with Gasteiger partial charge in [0, 0.05) is 43.5 Å². The summed E-state index contributed by atoms with van der Waals surface area (Å²) in [5, 5.41) is 0.664. The summed E-state index contributed by atoms with van der Waals surface area (Å²) < 4.78 is 17.7. The van der Waals surface area contributed by atoms with Crippen molar-refractivity contribution in [3.05, 3.63) is 58.9 Å².